The first-order chi connectivity index (χ1) is 12.5. The Kier molecular flexibility index (Phi) is 3.90. The molecule has 0 unspecified atom stereocenters. The number of rotatable bonds is 2. The Hall–Kier alpha value is -3.23. The van der Waals surface area contributed by atoms with Crippen LogP contribution in [0.15, 0.2) is 40.2 Å². The van der Waals surface area contributed by atoms with Gasteiger partial charge in [-0.15, -0.1) is 0 Å². The number of aromatic nitrogens is 4. The second kappa shape index (κ2) is 6.25. The van der Waals surface area contributed by atoms with Crippen LogP contribution in [0.25, 0.3) is 10.9 Å². The molecule has 0 aliphatic carbocycles. The van der Waals surface area contributed by atoms with Gasteiger partial charge in [-0.05, 0) is 12.1 Å². The fourth-order valence-corrected chi connectivity index (χ4v) is 3.14. The number of piperazine rings is 1. The number of H-pyrrole nitrogens is 1. The third-order valence-electron chi connectivity index (χ3n) is 4.63. The van der Waals surface area contributed by atoms with Crippen molar-refractivity contribution >= 4 is 22.5 Å². The average Bonchev–Trinajstić information content (AvgIpc) is 2.65. The maximum Gasteiger partial charge on any atom is 0.329 e. The van der Waals surface area contributed by atoms with Crippen LogP contribution in [0.1, 0.15) is 0 Å². The Morgan fingerprint density at radius 3 is 2.50 bits per heavy atom. The summed E-state index contributed by atoms with van der Waals surface area (Å²) in [6.07, 6.45) is 1.43. The maximum atomic E-state index is 13.4. The molecule has 134 valence electrons. The molecule has 1 aromatic carbocycles. The molecule has 1 aliphatic rings. The summed E-state index contributed by atoms with van der Waals surface area (Å²) < 4.78 is 14.4. The van der Waals surface area contributed by atoms with E-state index in [1.807, 2.05) is 4.90 Å². The Balaban J connectivity index is 1.58. The van der Waals surface area contributed by atoms with Gasteiger partial charge >= 0.3 is 5.69 Å². The molecular weight excluding hydrogens is 339 g/mol. The van der Waals surface area contributed by atoms with Gasteiger partial charge in [-0.25, -0.2) is 19.2 Å². The SMILES string of the molecule is Cn1c(=O)cc(N2CCN(c3ncnc4cc(F)ccc34)CC2)[nH]c1=O. The number of hydrogen-bond donors (Lipinski definition) is 1. The van der Waals surface area contributed by atoms with Crippen LogP contribution in [0.5, 0.6) is 0 Å². The van der Waals surface area contributed by atoms with Crippen LogP contribution in [0.4, 0.5) is 16.0 Å². The summed E-state index contributed by atoms with van der Waals surface area (Å²) in [5.41, 5.74) is -0.206. The lowest BCUT2D eigenvalue weighted by Gasteiger charge is -2.36. The van der Waals surface area contributed by atoms with Crippen LogP contribution in [-0.4, -0.2) is 45.7 Å². The van der Waals surface area contributed by atoms with Crippen LogP contribution in [0, 0.1) is 5.82 Å². The summed E-state index contributed by atoms with van der Waals surface area (Å²) >= 11 is 0. The van der Waals surface area contributed by atoms with Gasteiger partial charge in [0, 0.05) is 50.7 Å². The second-order valence-corrected chi connectivity index (χ2v) is 6.19. The number of aromatic amines is 1. The van der Waals surface area contributed by atoms with Crippen LogP contribution < -0.4 is 21.0 Å². The van der Waals surface area contributed by atoms with Crippen molar-refractivity contribution in [3.8, 4) is 0 Å². The van der Waals surface area contributed by atoms with Crippen molar-refractivity contribution in [1.29, 1.82) is 0 Å². The zero-order valence-electron chi connectivity index (χ0n) is 14.1. The van der Waals surface area contributed by atoms with E-state index in [2.05, 4.69) is 19.9 Å². The topological polar surface area (TPSA) is 87.1 Å². The standard InChI is InChI=1S/C17H17FN6O2/c1-22-15(25)9-14(21-17(22)26)23-4-6-24(7-5-23)16-12-3-2-11(18)8-13(12)19-10-20-16/h2-3,8-10H,4-7H2,1H3,(H,21,26). The summed E-state index contributed by atoms with van der Waals surface area (Å²) in [6.45, 7) is 2.55. The maximum absolute atomic E-state index is 13.4. The molecule has 1 fully saturated rings. The molecule has 26 heavy (non-hydrogen) atoms. The smallest absolute Gasteiger partial charge is 0.329 e. The molecule has 3 heterocycles. The van der Waals surface area contributed by atoms with E-state index in [1.54, 1.807) is 6.07 Å². The first kappa shape index (κ1) is 16.2. The highest BCUT2D eigenvalue weighted by molar-refractivity contribution is 5.89. The largest absolute Gasteiger partial charge is 0.354 e. The van der Waals surface area contributed by atoms with Crippen molar-refractivity contribution in [2.75, 3.05) is 36.0 Å². The normalized spacial score (nSPS) is 14.8. The summed E-state index contributed by atoms with van der Waals surface area (Å²) in [4.78, 5) is 38.9. The van der Waals surface area contributed by atoms with Crippen molar-refractivity contribution in [3.05, 3.63) is 57.2 Å². The highest BCUT2D eigenvalue weighted by atomic mass is 19.1. The van der Waals surface area contributed by atoms with E-state index in [0.29, 0.717) is 37.5 Å². The average molecular weight is 356 g/mol. The molecule has 0 spiro atoms. The molecule has 2 aromatic heterocycles. The molecule has 1 N–H and O–H groups in total. The Bertz CT molecular complexity index is 1050. The monoisotopic (exact) mass is 356 g/mol. The zero-order chi connectivity index (χ0) is 18.3. The number of nitrogens with one attached hydrogen (secondary N) is 1. The zero-order valence-corrected chi connectivity index (χ0v) is 14.1. The Morgan fingerprint density at radius 1 is 1.04 bits per heavy atom. The lowest BCUT2D eigenvalue weighted by molar-refractivity contribution is 0.628. The van der Waals surface area contributed by atoms with Crippen molar-refractivity contribution in [3.63, 3.8) is 0 Å². The third-order valence-corrected chi connectivity index (χ3v) is 4.63. The minimum Gasteiger partial charge on any atom is -0.354 e. The molecule has 1 saturated heterocycles. The molecule has 3 aromatic rings. The van der Waals surface area contributed by atoms with E-state index in [1.165, 1.54) is 31.6 Å². The van der Waals surface area contributed by atoms with Crippen LogP contribution in [0.3, 0.4) is 0 Å². The first-order valence-corrected chi connectivity index (χ1v) is 8.23. The van der Waals surface area contributed by atoms with E-state index in [-0.39, 0.29) is 11.4 Å². The Labute approximate surface area is 147 Å². The third kappa shape index (κ3) is 2.81. The minimum atomic E-state index is -0.432. The van der Waals surface area contributed by atoms with Crippen LogP contribution in [0.2, 0.25) is 0 Å². The molecule has 9 heteroatoms. The van der Waals surface area contributed by atoms with Gasteiger partial charge in [0.05, 0.1) is 5.52 Å². The number of anilines is 2. The van der Waals surface area contributed by atoms with Gasteiger partial charge in [-0.2, -0.15) is 0 Å². The lowest BCUT2D eigenvalue weighted by Crippen LogP contribution is -2.48. The molecule has 0 radical (unpaired) electrons. The van der Waals surface area contributed by atoms with Crippen LogP contribution >= 0.6 is 0 Å². The quantitative estimate of drug-likeness (QED) is 0.719. The summed E-state index contributed by atoms with van der Waals surface area (Å²) in [6, 6.07) is 5.90. The second-order valence-electron chi connectivity index (χ2n) is 6.19. The lowest BCUT2D eigenvalue weighted by atomic mass is 10.2. The predicted octanol–water partition coefficient (Wildman–Crippen LogP) is 0.482. The van der Waals surface area contributed by atoms with Crippen LogP contribution in [-0.2, 0) is 7.05 Å². The predicted molar refractivity (Wildman–Crippen MR) is 96.2 cm³/mol. The van der Waals surface area contributed by atoms with E-state index in [0.717, 1.165) is 15.8 Å². The minimum absolute atomic E-state index is 0.332. The number of fused-ring (bicyclic) bond motifs is 1. The van der Waals surface area contributed by atoms with Gasteiger partial charge in [-0.1, -0.05) is 0 Å². The van der Waals surface area contributed by atoms with Gasteiger partial charge in [0.2, 0.25) is 0 Å². The molecule has 8 nitrogen and oxygen atoms in total. The fourth-order valence-electron chi connectivity index (χ4n) is 3.14. The van der Waals surface area contributed by atoms with Gasteiger partial charge in [0.25, 0.3) is 5.56 Å². The van der Waals surface area contributed by atoms with E-state index in [4.69, 9.17) is 0 Å². The Morgan fingerprint density at radius 2 is 1.77 bits per heavy atom. The summed E-state index contributed by atoms with van der Waals surface area (Å²) in [5, 5.41) is 0.796. The highest BCUT2D eigenvalue weighted by Gasteiger charge is 2.21. The van der Waals surface area contributed by atoms with Crippen molar-refractivity contribution in [1.82, 2.24) is 19.5 Å². The van der Waals surface area contributed by atoms with Crippen molar-refractivity contribution in [2.24, 2.45) is 7.05 Å². The van der Waals surface area contributed by atoms with E-state index >= 15 is 0 Å². The highest BCUT2D eigenvalue weighted by Crippen LogP contribution is 2.25. The van der Waals surface area contributed by atoms with Gasteiger partial charge < -0.3 is 9.80 Å². The number of halogens is 1. The van der Waals surface area contributed by atoms with Crippen molar-refractivity contribution < 1.29 is 4.39 Å². The molecule has 1 aliphatic heterocycles. The van der Waals surface area contributed by atoms with Gasteiger partial charge in [0.1, 0.15) is 23.8 Å². The van der Waals surface area contributed by atoms with E-state index < -0.39 is 5.69 Å². The first-order valence-electron chi connectivity index (χ1n) is 8.23. The number of benzene rings is 1. The van der Waals surface area contributed by atoms with Crippen molar-refractivity contribution in [2.45, 2.75) is 0 Å². The van der Waals surface area contributed by atoms with E-state index in [9.17, 15) is 14.0 Å². The summed E-state index contributed by atoms with van der Waals surface area (Å²) in [7, 11) is 1.44. The number of hydrogen-bond acceptors (Lipinski definition) is 6. The summed E-state index contributed by atoms with van der Waals surface area (Å²) in [5.74, 6) is 0.945. The molecular formula is C17H17FN6O2. The molecule has 0 saturated carbocycles. The number of nitrogens with zero attached hydrogens (tertiary/aromatic N) is 5. The molecule has 0 bridgehead atoms. The van der Waals surface area contributed by atoms with Gasteiger partial charge in [-0.3, -0.25) is 14.3 Å². The fraction of sp³-hybridized carbons (Fsp3) is 0.294. The molecule has 0 amide bonds. The molecule has 4 rings (SSSR count). The molecule has 0 atom stereocenters. The van der Waals surface area contributed by atoms with Gasteiger partial charge in [0.15, 0.2) is 0 Å².